The highest BCUT2D eigenvalue weighted by atomic mass is 16.5. The monoisotopic (exact) mass is 314 g/mol. The van der Waals surface area contributed by atoms with Crippen LogP contribution >= 0.6 is 0 Å². The Balaban J connectivity index is 1.85. The Morgan fingerprint density at radius 1 is 1.35 bits per heavy atom. The molecule has 1 aromatic rings. The fourth-order valence-electron chi connectivity index (χ4n) is 3.56. The summed E-state index contributed by atoms with van der Waals surface area (Å²) in [7, 11) is 1.62. The van der Waals surface area contributed by atoms with E-state index in [-0.39, 0.29) is 23.8 Å². The summed E-state index contributed by atoms with van der Waals surface area (Å²) in [6.45, 7) is 5.65. The maximum atomic E-state index is 12.7. The quantitative estimate of drug-likeness (QED) is 0.798. The van der Waals surface area contributed by atoms with Crippen molar-refractivity contribution in [3.05, 3.63) is 42.5 Å². The van der Waals surface area contributed by atoms with Gasteiger partial charge in [0.15, 0.2) is 0 Å². The number of hydrogen-bond donors (Lipinski definition) is 0. The van der Waals surface area contributed by atoms with Gasteiger partial charge >= 0.3 is 0 Å². The van der Waals surface area contributed by atoms with Crippen molar-refractivity contribution in [2.24, 2.45) is 0 Å². The second kappa shape index (κ2) is 6.16. The number of ether oxygens (including phenoxy) is 1. The third kappa shape index (κ3) is 2.77. The lowest BCUT2D eigenvalue weighted by molar-refractivity contribution is -0.130. The first-order valence-corrected chi connectivity index (χ1v) is 7.92. The molecule has 0 saturated carbocycles. The lowest BCUT2D eigenvalue weighted by Crippen LogP contribution is -2.44. The molecule has 5 heteroatoms. The van der Waals surface area contributed by atoms with Crippen molar-refractivity contribution < 1.29 is 14.3 Å². The lowest BCUT2D eigenvalue weighted by atomic mass is 9.76. The Hall–Kier alpha value is -2.14. The van der Waals surface area contributed by atoms with Crippen molar-refractivity contribution in [3.8, 4) is 0 Å². The molecule has 0 unspecified atom stereocenters. The Labute approximate surface area is 136 Å². The smallest absolute Gasteiger partial charge is 0.246 e. The fraction of sp³-hybridized carbons (Fsp3) is 0.444. The lowest BCUT2D eigenvalue weighted by Gasteiger charge is -2.34. The molecule has 2 aliphatic rings. The average Bonchev–Trinajstić information content (AvgIpc) is 2.89. The van der Waals surface area contributed by atoms with E-state index in [1.54, 1.807) is 7.05 Å². The molecule has 23 heavy (non-hydrogen) atoms. The summed E-state index contributed by atoms with van der Waals surface area (Å²) in [5, 5.41) is 0. The van der Waals surface area contributed by atoms with Gasteiger partial charge in [0.25, 0.3) is 0 Å². The molecule has 0 bridgehead atoms. The highest BCUT2D eigenvalue weighted by molar-refractivity contribution is 6.00. The van der Waals surface area contributed by atoms with E-state index in [4.69, 9.17) is 4.74 Å². The van der Waals surface area contributed by atoms with E-state index in [1.165, 1.54) is 16.5 Å². The molecule has 2 aliphatic heterocycles. The number of carbonyl (C=O) groups is 2. The zero-order valence-corrected chi connectivity index (χ0v) is 13.5. The summed E-state index contributed by atoms with van der Waals surface area (Å²) in [6.07, 6.45) is 3.08. The number of fused-ring (bicyclic) bond motifs is 2. The van der Waals surface area contributed by atoms with E-state index in [2.05, 4.69) is 12.6 Å². The Bertz CT molecular complexity index is 635. The summed E-state index contributed by atoms with van der Waals surface area (Å²) >= 11 is 0. The van der Waals surface area contributed by atoms with Crippen molar-refractivity contribution in [2.45, 2.75) is 18.3 Å². The standard InChI is InChI=1S/C18H22N2O3/c1-3-16(21)19(2)12-17(22)20-13-18(8-10-23-11-9-18)14-6-4-5-7-15(14)20/h3-7H,1,8-13H2,2H3. The molecule has 5 nitrogen and oxygen atoms in total. The van der Waals surface area contributed by atoms with Gasteiger partial charge in [0.1, 0.15) is 6.54 Å². The van der Waals surface area contributed by atoms with Crippen molar-refractivity contribution in [2.75, 3.05) is 38.3 Å². The second-order valence-corrected chi connectivity index (χ2v) is 6.29. The molecule has 1 aromatic carbocycles. The van der Waals surface area contributed by atoms with Crippen LogP contribution in [0.5, 0.6) is 0 Å². The molecule has 0 N–H and O–H groups in total. The number of amides is 2. The van der Waals surface area contributed by atoms with E-state index in [1.807, 2.05) is 23.1 Å². The molecular weight excluding hydrogens is 292 g/mol. The number of anilines is 1. The van der Waals surface area contributed by atoms with Crippen LogP contribution in [0.1, 0.15) is 18.4 Å². The van der Waals surface area contributed by atoms with Crippen molar-refractivity contribution in [1.29, 1.82) is 0 Å². The first-order chi connectivity index (χ1) is 11.1. The zero-order chi connectivity index (χ0) is 16.4. The third-order valence-corrected chi connectivity index (χ3v) is 4.90. The molecule has 3 rings (SSSR count). The minimum Gasteiger partial charge on any atom is -0.381 e. The van der Waals surface area contributed by atoms with Crippen LogP contribution in [-0.4, -0.2) is 50.1 Å². The number of nitrogens with zero attached hydrogens (tertiary/aromatic N) is 2. The van der Waals surface area contributed by atoms with Crippen LogP contribution in [0.2, 0.25) is 0 Å². The fourth-order valence-corrected chi connectivity index (χ4v) is 3.56. The van der Waals surface area contributed by atoms with E-state index in [9.17, 15) is 9.59 Å². The van der Waals surface area contributed by atoms with Crippen LogP contribution in [0.15, 0.2) is 36.9 Å². The van der Waals surface area contributed by atoms with Crippen LogP contribution in [0.3, 0.4) is 0 Å². The van der Waals surface area contributed by atoms with Crippen molar-refractivity contribution in [3.63, 3.8) is 0 Å². The van der Waals surface area contributed by atoms with Crippen LogP contribution in [0, 0.1) is 0 Å². The van der Waals surface area contributed by atoms with E-state index in [0.29, 0.717) is 6.54 Å². The number of likely N-dealkylation sites (N-methyl/N-ethyl adjacent to an activating group) is 1. The summed E-state index contributed by atoms with van der Waals surface area (Å²) < 4.78 is 5.51. The van der Waals surface area contributed by atoms with Crippen LogP contribution in [0.25, 0.3) is 0 Å². The van der Waals surface area contributed by atoms with Gasteiger partial charge in [-0.1, -0.05) is 24.8 Å². The normalized spacial score (nSPS) is 18.6. The van der Waals surface area contributed by atoms with Gasteiger partial charge in [0.2, 0.25) is 11.8 Å². The molecule has 2 amide bonds. The predicted molar refractivity (Wildman–Crippen MR) is 88.4 cm³/mol. The number of rotatable bonds is 3. The largest absolute Gasteiger partial charge is 0.381 e. The molecular formula is C18H22N2O3. The molecule has 0 aromatic heterocycles. The summed E-state index contributed by atoms with van der Waals surface area (Å²) in [5.74, 6) is -0.301. The highest BCUT2D eigenvalue weighted by Gasteiger charge is 2.45. The van der Waals surface area contributed by atoms with Gasteiger partial charge in [-0.25, -0.2) is 0 Å². The van der Waals surface area contributed by atoms with Crippen molar-refractivity contribution >= 4 is 17.5 Å². The molecule has 0 aliphatic carbocycles. The van der Waals surface area contributed by atoms with Crippen LogP contribution in [-0.2, 0) is 19.7 Å². The van der Waals surface area contributed by atoms with Gasteiger partial charge in [-0.3, -0.25) is 9.59 Å². The van der Waals surface area contributed by atoms with Gasteiger partial charge in [0.05, 0.1) is 0 Å². The minimum atomic E-state index is -0.244. The molecule has 1 saturated heterocycles. The summed E-state index contributed by atoms with van der Waals surface area (Å²) in [6, 6.07) is 8.09. The maximum absolute atomic E-state index is 12.7. The van der Waals surface area contributed by atoms with Gasteiger partial charge < -0.3 is 14.5 Å². The molecule has 0 radical (unpaired) electrons. The first-order valence-electron chi connectivity index (χ1n) is 7.92. The molecule has 1 spiro atoms. The zero-order valence-electron chi connectivity index (χ0n) is 13.5. The van der Waals surface area contributed by atoms with Crippen LogP contribution in [0.4, 0.5) is 5.69 Å². The minimum absolute atomic E-state index is 0.00841. The number of hydrogen-bond acceptors (Lipinski definition) is 3. The number of carbonyl (C=O) groups excluding carboxylic acids is 2. The molecule has 1 fully saturated rings. The average molecular weight is 314 g/mol. The topological polar surface area (TPSA) is 49.9 Å². The number of para-hydroxylation sites is 1. The van der Waals surface area contributed by atoms with E-state index in [0.717, 1.165) is 31.7 Å². The predicted octanol–water partition coefficient (Wildman–Crippen LogP) is 1.73. The van der Waals surface area contributed by atoms with Crippen LogP contribution < -0.4 is 4.90 Å². The Kier molecular flexibility index (Phi) is 4.22. The SMILES string of the molecule is C=CC(=O)N(C)CC(=O)N1CC2(CCOCC2)c2ccccc21. The molecule has 122 valence electrons. The van der Waals surface area contributed by atoms with Crippen molar-refractivity contribution in [1.82, 2.24) is 4.90 Å². The summed E-state index contributed by atoms with van der Waals surface area (Å²) in [5.41, 5.74) is 2.19. The van der Waals surface area contributed by atoms with E-state index < -0.39 is 0 Å². The Morgan fingerprint density at radius 2 is 2.04 bits per heavy atom. The van der Waals surface area contributed by atoms with Gasteiger partial charge in [-0.05, 0) is 30.5 Å². The number of benzene rings is 1. The second-order valence-electron chi connectivity index (χ2n) is 6.29. The Morgan fingerprint density at radius 3 is 2.74 bits per heavy atom. The van der Waals surface area contributed by atoms with E-state index >= 15 is 0 Å². The highest BCUT2D eigenvalue weighted by Crippen LogP contribution is 2.46. The maximum Gasteiger partial charge on any atom is 0.246 e. The molecule has 0 atom stereocenters. The van der Waals surface area contributed by atoms with Gasteiger partial charge in [-0.15, -0.1) is 0 Å². The van der Waals surface area contributed by atoms with Gasteiger partial charge in [-0.2, -0.15) is 0 Å². The first kappa shape index (κ1) is 15.7. The third-order valence-electron chi connectivity index (χ3n) is 4.90. The summed E-state index contributed by atoms with van der Waals surface area (Å²) in [4.78, 5) is 27.6. The molecule has 2 heterocycles. The van der Waals surface area contributed by atoms with Gasteiger partial charge in [0, 0.05) is 37.9 Å².